The number of ether oxygens (including phenoxy) is 1. The standard InChI is InChI=1S/C22H29N3O6S/c1-20(2,3)12-9-7-11(8-10-12)13(23)15(26)24-22(19(30)31-6)17(29)25-14(16(27)28)21(4,5)32-18(22)25/h7-10,13-14,18H,23H2,1-6H3,(H,24,26)(H,27,28)/t13?,14-,18+,22-/m0/s1. The highest BCUT2D eigenvalue weighted by Crippen LogP contribution is 2.55. The molecule has 4 N–H and O–H groups in total. The summed E-state index contributed by atoms with van der Waals surface area (Å²) in [5.41, 5.74) is 5.62. The number of fused-ring (bicyclic) bond motifs is 1. The molecule has 0 bridgehead atoms. The van der Waals surface area contributed by atoms with E-state index in [1.165, 1.54) is 0 Å². The predicted octanol–water partition coefficient (Wildman–Crippen LogP) is 1.16. The summed E-state index contributed by atoms with van der Waals surface area (Å²) in [6.07, 6.45) is 0. The maximum absolute atomic E-state index is 13.1. The van der Waals surface area contributed by atoms with Crippen molar-refractivity contribution >= 4 is 35.5 Å². The molecular weight excluding hydrogens is 434 g/mol. The molecule has 1 aromatic carbocycles. The number of nitrogens with zero attached hydrogens (tertiary/aromatic N) is 1. The van der Waals surface area contributed by atoms with Gasteiger partial charge in [-0.1, -0.05) is 45.0 Å². The molecule has 1 aromatic rings. The second-order valence-electron chi connectivity index (χ2n) is 9.67. The molecule has 9 nitrogen and oxygen atoms in total. The van der Waals surface area contributed by atoms with Gasteiger partial charge < -0.3 is 25.8 Å². The monoisotopic (exact) mass is 463 g/mol. The second kappa shape index (κ2) is 7.77. The Labute approximate surface area is 191 Å². The zero-order chi connectivity index (χ0) is 24.2. The van der Waals surface area contributed by atoms with Gasteiger partial charge in [0.05, 0.1) is 7.11 Å². The molecular formula is C22H29N3O6S. The minimum Gasteiger partial charge on any atom is -0.480 e. The molecule has 2 aliphatic heterocycles. The fourth-order valence-corrected chi connectivity index (χ4v) is 5.87. The SMILES string of the molecule is COC(=O)[C@]1(NC(=O)C(N)c2ccc(C(C)(C)C)cc2)C(=O)N2[C@@H](C(=O)O)C(C)(C)S[C@@H]21. The minimum absolute atomic E-state index is 0.0746. The van der Waals surface area contributed by atoms with Crippen LogP contribution in [0.1, 0.15) is 51.8 Å². The van der Waals surface area contributed by atoms with E-state index >= 15 is 0 Å². The van der Waals surface area contributed by atoms with Gasteiger partial charge in [-0.05, 0) is 30.4 Å². The third kappa shape index (κ3) is 3.55. The highest BCUT2D eigenvalue weighted by atomic mass is 32.2. The van der Waals surface area contributed by atoms with E-state index in [1.807, 2.05) is 12.1 Å². The Morgan fingerprint density at radius 1 is 1.22 bits per heavy atom. The van der Waals surface area contributed by atoms with Crippen molar-refractivity contribution in [3.8, 4) is 0 Å². The summed E-state index contributed by atoms with van der Waals surface area (Å²) in [6, 6.07) is 4.94. The number of nitrogens with one attached hydrogen (secondary N) is 1. The predicted molar refractivity (Wildman–Crippen MR) is 119 cm³/mol. The highest BCUT2D eigenvalue weighted by molar-refractivity contribution is 8.01. The van der Waals surface area contributed by atoms with E-state index in [-0.39, 0.29) is 5.41 Å². The number of nitrogens with two attached hydrogens (primary N) is 1. The fourth-order valence-electron chi connectivity index (χ4n) is 4.19. The van der Waals surface area contributed by atoms with Crippen molar-refractivity contribution in [2.75, 3.05) is 7.11 Å². The van der Waals surface area contributed by atoms with Crippen LogP contribution in [0.5, 0.6) is 0 Å². The Hall–Kier alpha value is -2.59. The average Bonchev–Trinajstić information content (AvgIpc) is 2.98. The van der Waals surface area contributed by atoms with Crippen LogP contribution in [0.2, 0.25) is 0 Å². The maximum atomic E-state index is 13.1. The van der Waals surface area contributed by atoms with Crippen LogP contribution in [-0.2, 0) is 29.3 Å². The van der Waals surface area contributed by atoms with Crippen molar-refractivity contribution in [1.82, 2.24) is 10.2 Å². The number of β-lactam (4-membered cyclic amide) rings is 1. The van der Waals surface area contributed by atoms with E-state index in [9.17, 15) is 24.3 Å². The molecule has 10 heteroatoms. The zero-order valence-corrected chi connectivity index (χ0v) is 19.8. The van der Waals surface area contributed by atoms with Gasteiger partial charge in [0.15, 0.2) is 0 Å². The molecule has 174 valence electrons. The molecule has 0 aromatic heterocycles. The number of carbonyl (C=O) groups excluding carboxylic acids is 3. The minimum atomic E-state index is -2.03. The van der Waals surface area contributed by atoms with Crippen LogP contribution in [0.3, 0.4) is 0 Å². The molecule has 0 spiro atoms. The van der Waals surface area contributed by atoms with Crippen LogP contribution in [0.4, 0.5) is 0 Å². The van der Waals surface area contributed by atoms with E-state index in [2.05, 4.69) is 26.1 Å². The average molecular weight is 464 g/mol. The Bertz CT molecular complexity index is 971. The number of methoxy groups -OCH3 is 1. The molecule has 1 unspecified atom stereocenters. The lowest BCUT2D eigenvalue weighted by atomic mass is 9.83. The summed E-state index contributed by atoms with van der Waals surface area (Å²) >= 11 is 1.13. The zero-order valence-electron chi connectivity index (χ0n) is 19.0. The molecule has 2 amide bonds. The number of amides is 2. The van der Waals surface area contributed by atoms with Crippen LogP contribution >= 0.6 is 11.8 Å². The molecule has 0 radical (unpaired) electrons. The quantitative estimate of drug-likeness (QED) is 0.336. The first-order valence-electron chi connectivity index (χ1n) is 10.2. The van der Waals surface area contributed by atoms with Crippen molar-refractivity contribution in [1.29, 1.82) is 0 Å². The number of aliphatic carboxylic acids is 1. The Morgan fingerprint density at radius 3 is 2.25 bits per heavy atom. The fraction of sp³-hybridized carbons (Fsp3) is 0.545. The summed E-state index contributed by atoms with van der Waals surface area (Å²) in [7, 11) is 1.11. The van der Waals surface area contributed by atoms with Crippen LogP contribution in [-0.4, -0.2) is 62.6 Å². The normalized spacial score (nSPS) is 27.2. The summed E-state index contributed by atoms with van der Waals surface area (Å²) < 4.78 is 3.96. The van der Waals surface area contributed by atoms with Gasteiger partial charge in [-0.15, -0.1) is 11.8 Å². The van der Waals surface area contributed by atoms with Gasteiger partial charge >= 0.3 is 11.9 Å². The van der Waals surface area contributed by atoms with E-state index in [0.29, 0.717) is 5.56 Å². The van der Waals surface area contributed by atoms with Crippen LogP contribution in [0.15, 0.2) is 24.3 Å². The number of carboxylic acid groups (broad SMARTS) is 1. The first kappa shape index (κ1) is 24.1. The molecule has 2 aliphatic rings. The van der Waals surface area contributed by atoms with E-state index in [1.54, 1.807) is 26.0 Å². The molecule has 2 heterocycles. The maximum Gasteiger partial charge on any atom is 0.344 e. The first-order valence-corrected chi connectivity index (χ1v) is 11.1. The van der Waals surface area contributed by atoms with Gasteiger partial charge in [-0.2, -0.15) is 0 Å². The number of rotatable bonds is 5. The Morgan fingerprint density at radius 2 is 1.78 bits per heavy atom. The van der Waals surface area contributed by atoms with Gasteiger partial charge in [-0.3, -0.25) is 9.59 Å². The number of hydrogen-bond acceptors (Lipinski definition) is 7. The topological polar surface area (TPSA) is 139 Å². The number of benzene rings is 1. The molecule has 32 heavy (non-hydrogen) atoms. The van der Waals surface area contributed by atoms with Gasteiger partial charge in [0.2, 0.25) is 11.4 Å². The van der Waals surface area contributed by atoms with E-state index in [0.717, 1.165) is 29.3 Å². The Kier molecular flexibility index (Phi) is 5.84. The van der Waals surface area contributed by atoms with Crippen molar-refractivity contribution in [3.05, 3.63) is 35.4 Å². The third-order valence-electron chi connectivity index (χ3n) is 6.03. The lowest BCUT2D eigenvalue weighted by molar-refractivity contribution is -0.180. The molecule has 0 aliphatic carbocycles. The first-order chi connectivity index (χ1) is 14.7. The smallest absolute Gasteiger partial charge is 0.344 e. The Balaban J connectivity index is 1.89. The summed E-state index contributed by atoms with van der Waals surface area (Å²) in [5, 5.41) is 11.2. The van der Waals surface area contributed by atoms with Gasteiger partial charge in [0.1, 0.15) is 17.5 Å². The molecule has 0 saturated carbocycles. The number of thioether (sulfide) groups is 1. The van der Waals surface area contributed by atoms with Gasteiger partial charge in [0.25, 0.3) is 5.91 Å². The van der Waals surface area contributed by atoms with Gasteiger partial charge in [0, 0.05) is 4.75 Å². The van der Waals surface area contributed by atoms with E-state index < -0.39 is 51.5 Å². The van der Waals surface area contributed by atoms with Crippen LogP contribution in [0.25, 0.3) is 0 Å². The van der Waals surface area contributed by atoms with Crippen LogP contribution < -0.4 is 11.1 Å². The number of esters is 1. The van der Waals surface area contributed by atoms with Crippen molar-refractivity contribution < 1.29 is 29.0 Å². The summed E-state index contributed by atoms with van der Waals surface area (Å²) in [6.45, 7) is 9.54. The van der Waals surface area contributed by atoms with Crippen molar-refractivity contribution in [2.24, 2.45) is 5.73 Å². The van der Waals surface area contributed by atoms with E-state index in [4.69, 9.17) is 10.5 Å². The largest absolute Gasteiger partial charge is 0.480 e. The highest BCUT2D eigenvalue weighted by Gasteiger charge is 2.76. The number of carbonyl (C=O) groups is 4. The lowest BCUT2D eigenvalue weighted by Gasteiger charge is -2.50. The molecule has 2 fully saturated rings. The summed E-state index contributed by atoms with van der Waals surface area (Å²) in [4.78, 5) is 51.8. The third-order valence-corrected chi connectivity index (χ3v) is 7.66. The molecule has 3 rings (SSSR count). The number of hydrogen-bond donors (Lipinski definition) is 3. The van der Waals surface area contributed by atoms with Gasteiger partial charge in [-0.25, -0.2) is 9.59 Å². The van der Waals surface area contributed by atoms with Crippen molar-refractivity contribution in [2.45, 2.75) is 67.8 Å². The molecule has 2 saturated heterocycles. The van der Waals surface area contributed by atoms with Crippen LogP contribution in [0, 0.1) is 0 Å². The summed E-state index contributed by atoms with van der Waals surface area (Å²) in [5.74, 6) is -3.69. The second-order valence-corrected chi connectivity index (χ2v) is 11.4. The number of carboxylic acids is 1. The van der Waals surface area contributed by atoms with Crippen molar-refractivity contribution in [3.63, 3.8) is 0 Å². The lowest BCUT2D eigenvalue weighted by Crippen LogP contribution is -2.83. The molecule has 4 atom stereocenters.